The Morgan fingerprint density at radius 1 is 1.04 bits per heavy atom. The van der Waals surface area contributed by atoms with Gasteiger partial charge < -0.3 is 9.30 Å². The van der Waals surface area contributed by atoms with Crippen molar-refractivity contribution in [3.8, 4) is 5.69 Å². The molecule has 0 radical (unpaired) electrons. The highest BCUT2D eigenvalue weighted by molar-refractivity contribution is 5.32. The van der Waals surface area contributed by atoms with Crippen LogP contribution in [0.5, 0.6) is 0 Å². The molecule has 0 bridgehead atoms. The lowest BCUT2D eigenvalue weighted by Crippen LogP contribution is -2.36. The number of hydrogen-bond donors (Lipinski definition) is 0. The molecular formula is C18H20FN5O. The highest BCUT2D eigenvalue weighted by Gasteiger charge is 2.14. The Balaban J connectivity index is 1.48. The summed E-state index contributed by atoms with van der Waals surface area (Å²) in [7, 11) is 0. The van der Waals surface area contributed by atoms with E-state index in [0.717, 1.165) is 44.4 Å². The molecule has 1 aliphatic rings. The standard InChI is InChI=1S/C18H20FN5O/c19-16-3-1-2-4-17(16)24-7-5-15(21-24)13-23-8-6-20-18(23)14-22-9-11-25-12-10-22/h1-8H,9-14H2. The normalized spacial score (nSPS) is 15.6. The van der Waals surface area contributed by atoms with Gasteiger partial charge in [-0.05, 0) is 18.2 Å². The fourth-order valence-corrected chi connectivity index (χ4v) is 2.99. The molecule has 25 heavy (non-hydrogen) atoms. The fourth-order valence-electron chi connectivity index (χ4n) is 2.99. The monoisotopic (exact) mass is 341 g/mol. The first-order valence-corrected chi connectivity index (χ1v) is 8.39. The molecule has 0 atom stereocenters. The van der Waals surface area contributed by atoms with E-state index in [-0.39, 0.29) is 5.82 Å². The molecule has 130 valence electrons. The van der Waals surface area contributed by atoms with Gasteiger partial charge in [0.25, 0.3) is 0 Å². The van der Waals surface area contributed by atoms with E-state index in [0.29, 0.717) is 12.2 Å². The van der Waals surface area contributed by atoms with Gasteiger partial charge >= 0.3 is 0 Å². The number of imidazole rings is 1. The molecule has 0 spiro atoms. The first-order valence-electron chi connectivity index (χ1n) is 8.39. The topological polar surface area (TPSA) is 48.1 Å². The van der Waals surface area contributed by atoms with Crippen molar-refractivity contribution < 1.29 is 9.13 Å². The van der Waals surface area contributed by atoms with E-state index in [1.54, 1.807) is 29.1 Å². The van der Waals surface area contributed by atoms with Gasteiger partial charge in [0.15, 0.2) is 0 Å². The summed E-state index contributed by atoms with van der Waals surface area (Å²) in [6.07, 6.45) is 5.55. The first-order chi connectivity index (χ1) is 12.3. The summed E-state index contributed by atoms with van der Waals surface area (Å²) in [6, 6.07) is 8.54. The maximum Gasteiger partial charge on any atom is 0.148 e. The van der Waals surface area contributed by atoms with Gasteiger partial charge in [-0.15, -0.1) is 0 Å². The van der Waals surface area contributed by atoms with Crippen LogP contribution in [0.15, 0.2) is 48.9 Å². The van der Waals surface area contributed by atoms with Gasteiger partial charge in [0.1, 0.15) is 17.3 Å². The highest BCUT2D eigenvalue weighted by atomic mass is 19.1. The Morgan fingerprint density at radius 3 is 2.72 bits per heavy atom. The van der Waals surface area contributed by atoms with Crippen LogP contribution in [0.25, 0.3) is 5.69 Å². The zero-order chi connectivity index (χ0) is 17.1. The van der Waals surface area contributed by atoms with Crippen molar-refractivity contribution in [3.63, 3.8) is 0 Å². The van der Waals surface area contributed by atoms with Gasteiger partial charge in [-0.3, -0.25) is 4.90 Å². The van der Waals surface area contributed by atoms with Crippen molar-refractivity contribution in [1.29, 1.82) is 0 Å². The molecule has 7 heteroatoms. The summed E-state index contributed by atoms with van der Waals surface area (Å²) in [4.78, 5) is 6.81. The Labute approximate surface area is 145 Å². The molecule has 1 saturated heterocycles. The molecule has 6 nitrogen and oxygen atoms in total. The lowest BCUT2D eigenvalue weighted by atomic mass is 10.3. The molecule has 0 aliphatic carbocycles. The quantitative estimate of drug-likeness (QED) is 0.713. The molecule has 4 rings (SSSR count). The van der Waals surface area contributed by atoms with Gasteiger partial charge in [-0.25, -0.2) is 14.1 Å². The molecule has 1 fully saturated rings. The molecule has 0 amide bonds. The molecule has 3 aromatic rings. The number of hydrogen-bond acceptors (Lipinski definition) is 4. The summed E-state index contributed by atoms with van der Waals surface area (Å²) in [5.74, 6) is 0.718. The van der Waals surface area contributed by atoms with Crippen molar-refractivity contribution in [3.05, 3.63) is 66.3 Å². The van der Waals surface area contributed by atoms with Gasteiger partial charge in [-0.2, -0.15) is 5.10 Å². The smallest absolute Gasteiger partial charge is 0.148 e. The fraction of sp³-hybridized carbons (Fsp3) is 0.333. The molecule has 1 aliphatic heterocycles. The Bertz CT molecular complexity index is 837. The first kappa shape index (κ1) is 16.0. The average molecular weight is 341 g/mol. The number of para-hydroxylation sites is 1. The predicted molar refractivity (Wildman–Crippen MR) is 90.9 cm³/mol. The minimum Gasteiger partial charge on any atom is -0.379 e. The SMILES string of the molecule is Fc1ccccc1-n1ccc(Cn2ccnc2CN2CCOCC2)n1. The molecule has 0 N–H and O–H groups in total. The number of ether oxygens (including phenoxy) is 1. The Kier molecular flexibility index (Phi) is 4.58. The highest BCUT2D eigenvalue weighted by Crippen LogP contribution is 2.13. The van der Waals surface area contributed by atoms with Crippen molar-refractivity contribution >= 4 is 0 Å². The Morgan fingerprint density at radius 2 is 1.88 bits per heavy atom. The minimum atomic E-state index is -0.284. The van der Waals surface area contributed by atoms with Crippen LogP contribution in [0.2, 0.25) is 0 Å². The summed E-state index contributed by atoms with van der Waals surface area (Å²) in [5.41, 5.74) is 1.32. The summed E-state index contributed by atoms with van der Waals surface area (Å²) >= 11 is 0. The molecule has 3 heterocycles. The van der Waals surface area contributed by atoms with Crippen molar-refractivity contribution in [2.45, 2.75) is 13.1 Å². The molecular weight excluding hydrogens is 321 g/mol. The number of benzene rings is 1. The second-order valence-electron chi connectivity index (χ2n) is 6.06. The van der Waals surface area contributed by atoms with Gasteiger partial charge in [0, 0.05) is 31.7 Å². The summed E-state index contributed by atoms with van der Waals surface area (Å²) < 4.78 is 22.9. The number of nitrogens with zero attached hydrogens (tertiary/aromatic N) is 5. The molecule has 1 aromatic carbocycles. The molecule has 0 saturated carbocycles. The van der Waals surface area contributed by atoms with E-state index in [4.69, 9.17) is 4.74 Å². The van der Waals surface area contributed by atoms with Crippen molar-refractivity contribution in [1.82, 2.24) is 24.2 Å². The second kappa shape index (κ2) is 7.16. The average Bonchev–Trinajstić information content (AvgIpc) is 3.27. The zero-order valence-corrected chi connectivity index (χ0v) is 13.9. The number of halogens is 1. The largest absolute Gasteiger partial charge is 0.379 e. The summed E-state index contributed by atoms with van der Waals surface area (Å²) in [6.45, 7) is 4.80. The molecule has 0 unspecified atom stereocenters. The van der Waals surface area contributed by atoms with Crippen LogP contribution >= 0.6 is 0 Å². The van der Waals surface area contributed by atoms with Crippen LogP contribution in [0.3, 0.4) is 0 Å². The van der Waals surface area contributed by atoms with E-state index >= 15 is 0 Å². The van der Waals surface area contributed by atoms with Crippen LogP contribution in [0, 0.1) is 5.82 Å². The maximum absolute atomic E-state index is 13.9. The predicted octanol–water partition coefficient (Wildman–Crippen LogP) is 2.09. The second-order valence-corrected chi connectivity index (χ2v) is 6.06. The third-order valence-electron chi connectivity index (χ3n) is 4.35. The third-order valence-corrected chi connectivity index (χ3v) is 4.35. The van der Waals surface area contributed by atoms with E-state index in [2.05, 4.69) is 19.5 Å². The number of rotatable bonds is 5. The van der Waals surface area contributed by atoms with Crippen LogP contribution < -0.4 is 0 Å². The van der Waals surface area contributed by atoms with Crippen molar-refractivity contribution in [2.24, 2.45) is 0 Å². The number of morpholine rings is 1. The lowest BCUT2D eigenvalue weighted by Gasteiger charge is -2.26. The molecule has 2 aromatic heterocycles. The third kappa shape index (κ3) is 3.62. The Hall–Kier alpha value is -2.51. The summed E-state index contributed by atoms with van der Waals surface area (Å²) in [5, 5.41) is 4.50. The van der Waals surface area contributed by atoms with Crippen LogP contribution in [-0.2, 0) is 17.8 Å². The van der Waals surface area contributed by atoms with E-state index < -0.39 is 0 Å². The van der Waals surface area contributed by atoms with Gasteiger partial charge in [0.05, 0.1) is 32.0 Å². The minimum absolute atomic E-state index is 0.284. The van der Waals surface area contributed by atoms with Crippen LogP contribution in [0.4, 0.5) is 4.39 Å². The van der Waals surface area contributed by atoms with E-state index in [1.165, 1.54) is 6.07 Å². The lowest BCUT2D eigenvalue weighted by molar-refractivity contribution is 0.0326. The van der Waals surface area contributed by atoms with Crippen molar-refractivity contribution in [2.75, 3.05) is 26.3 Å². The van der Waals surface area contributed by atoms with Gasteiger partial charge in [-0.1, -0.05) is 12.1 Å². The van der Waals surface area contributed by atoms with E-state index in [9.17, 15) is 4.39 Å². The maximum atomic E-state index is 13.9. The zero-order valence-electron chi connectivity index (χ0n) is 13.9. The van der Waals surface area contributed by atoms with Crippen LogP contribution in [-0.4, -0.2) is 50.5 Å². The van der Waals surface area contributed by atoms with Gasteiger partial charge in [0.2, 0.25) is 0 Å². The number of aromatic nitrogens is 4. The van der Waals surface area contributed by atoms with Crippen LogP contribution in [0.1, 0.15) is 11.5 Å². The van der Waals surface area contributed by atoms with E-state index in [1.807, 2.05) is 18.5 Å².